The van der Waals surface area contributed by atoms with Crippen molar-refractivity contribution in [3.8, 4) is 11.5 Å². The zero-order valence-corrected chi connectivity index (χ0v) is 16.7. The minimum absolute atomic E-state index is 0.0932. The van der Waals surface area contributed by atoms with E-state index < -0.39 is 5.92 Å². The number of esters is 1. The van der Waals surface area contributed by atoms with Gasteiger partial charge in [-0.25, -0.2) is 0 Å². The Kier molecular flexibility index (Phi) is 6.34. The summed E-state index contributed by atoms with van der Waals surface area (Å²) >= 11 is 0. The van der Waals surface area contributed by atoms with E-state index in [2.05, 4.69) is 13.8 Å². The molecular weight excluding hydrogens is 354 g/mol. The predicted octanol–water partition coefficient (Wildman–Crippen LogP) is 4.56. The molecule has 1 aliphatic heterocycles. The Labute approximate surface area is 166 Å². The molecule has 1 fully saturated rings. The molecular formula is C23H27NO4. The molecule has 2 atom stereocenters. The molecule has 0 bridgehead atoms. The van der Waals surface area contributed by atoms with E-state index in [1.54, 1.807) is 4.90 Å². The van der Waals surface area contributed by atoms with Crippen LogP contribution in [0.4, 0.5) is 5.69 Å². The normalized spacial score (nSPS) is 17.5. The molecule has 0 saturated carbocycles. The van der Waals surface area contributed by atoms with Crippen molar-refractivity contribution >= 4 is 17.6 Å². The van der Waals surface area contributed by atoms with Gasteiger partial charge in [-0.1, -0.05) is 44.2 Å². The first-order valence-electron chi connectivity index (χ1n) is 9.87. The van der Waals surface area contributed by atoms with Crippen LogP contribution in [0.2, 0.25) is 0 Å². The van der Waals surface area contributed by atoms with E-state index in [1.807, 2.05) is 55.5 Å². The van der Waals surface area contributed by atoms with E-state index in [1.165, 1.54) is 0 Å². The number of benzene rings is 2. The molecule has 0 spiro atoms. The maximum absolute atomic E-state index is 12.8. The molecule has 0 aliphatic carbocycles. The second-order valence-corrected chi connectivity index (χ2v) is 7.07. The maximum Gasteiger partial charge on any atom is 0.316 e. The molecule has 28 heavy (non-hydrogen) atoms. The fourth-order valence-electron chi connectivity index (χ4n) is 3.45. The number of para-hydroxylation sites is 3. The summed E-state index contributed by atoms with van der Waals surface area (Å²) in [5.74, 6) is 0.581. The van der Waals surface area contributed by atoms with Crippen LogP contribution in [-0.4, -0.2) is 25.0 Å². The minimum atomic E-state index is -0.493. The largest absolute Gasteiger partial charge is 0.492 e. The first kappa shape index (κ1) is 19.9. The van der Waals surface area contributed by atoms with E-state index in [9.17, 15) is 9.59 Å². The van der Waals surface area contributed by atoms with Gasteiger partial charge in [-0.2, -0.15) is 0 Å². The molecule has 0 N–H and O–H groups in total. The van der Waals surface area contributed by atoms with Crippen molar-refractivity contribution in [3.63, 3.8) is 0 Å². The van der Waals surface area contributed by atoms with Crippen LogP contribution in [0.25, 0.3) is 0 Å². The third-order valence-corrected chi connectivity index (χ3v) is 5.19. The smallest absolute Gasteiger partial charge is 0.316 e. The molecule has 0 aromatic heterocycles. The Hall–Kier alpha value is -2.82. The Morgan fingerprint density at radius 2 is 1.79 bits per heavy atom. The van der Waals surface area contributed by atoms with Gasteiger partial charge >= 0.3 is 5.97 Å². The first-order valence-corrected chi connectivity index (χ1v) is 9.87. The van der Waals surface area contributed by atoms with Crippen molar-refractivity contribution in [2.24, 2.45) is 5.92 Å². The van der Waals surface area contributed by atoms with Crippen LogP contribution >= 0.6 is 0 Å². The summed E-state index contributed by atoms with van der Waals surface area (Å²) in [5, 5.41) is 0. The number of hydrogen-bond acceptors (Lipinski definition) is 4. The Balaban J connectivity index is 1.75. The van der Waals surface area contributed by atoms with Crippen molar-refractivity contribution in [1.82, 2.24) is 0 Å². The van der Waals surface area contributed by atoms with Gasteiger partial charge in [0, 0.05) is 13.0 Å². The number of rotatable bonds is 7. The molecule has 5 heteroatoms. The van der Waals surface area contributed by atoms with Crippen LogP contribution in [0.5, 0.6) is 11.5 Å². The molecule has 0 unspecified atom stereocenters. The molecule has 2 aromatic rings. The molecule has 1 amide bonds. The van der Waals surface area contributed by atoms with E-state index in [0.717, 1.165) is 12.0 Å². The van der Waals surface area contributed by atoms with Gasteiger partial charge in [0.1, 0.15) is 11.5 Å². The Bertz CT molecular complexity index is 848. The van der Waals surface area contributed by atoms with Crippen LogP contribution in [-0.2, 0) is 9.59 Å². The molecule has 148 valence electrons. The van der Waals surface area contributed by atoms with Crippen LogP contribution in [0.15, 0.2) is 48.5 Å². The number of carbonyl (C=O) groups is 2. The topological polar surface area (TPSA) is 55.8 Å². The quantitative estimate of drug-likeness (QED) is 0.521. The second-order valence-electron chi connectivity index (χ2n) is 7.07. The predicted molar refractivity (Wildman–Crippen MR) is 109 cm³/mol. The number of carbonyl (C=O) groups excluding carboxylic acids is 2. The van der Waals surface area contributed by atoms with Crippen LogP contribution in [0, 0.1) is 5.92 Å². The lowest BCUT2D eigenvalue weighted by Gasteiger charge is -2.20. The van der Waals surface area contributed by atoms with E-state index in [0.29, 0.717) is 36.3 Å². The minimum Gasteiger partial charge on any atom is -0.492 e. The Morgan fingerprint density at radius 1 is 1.11 bits per heavy atom. The van der Waals surface area contributed by atoms with Crippen molar-refractivity contribution in [3.05, 3.63) is 54.1 Å². The van der Waals surface area contributed by atoms with Gasteiger partial charge in [0.25, 0.3) is 0 Å². The maximum atomic E-state index is 12.8. The van der Waals surface area contributed by atoms with E-state index in [-0.39, 0.29) is 18.3 Å². The van der Waals surface area contributed by atoms with E-state index >= 15 is 0 Å². The number of hydrogen-bond donors (Lipinski definition) is 0. The van der Waals surface area contributed by atoms with Gasteiger partial charge in [0.05, 0.1) is 18.2 Å². The fourth-order valence-corrected chi connectivity index (χ4v) is 3.45. The van der Waals surface area contributed by atoms with Crippen LogP contribution in [0.1, 0.15) is 45.1 Å². The summed E-state index contributed by atoms with van der Waals surface area (Å²) in [7, 11) is 0. The number of amides is 1. The molecule has 2 aromatic carbocycles. The highest BCUT2D eigenvalue weighted by Gasteiger charge is 2.37. The summed E-state index contributed by atoms with van der Waals surface area (Å²) in [6.45, 7) is 6.92. The third-order valence-electron chi connectivity index (χ3n) is 5.19. The SMILES string of the molecule is CCOc1ccccc1N1C[C@H](C(=O)Oc2ccccc2[C@@H](C)CC)CC1=O. The van der Waals surface area contributed by atoms with Crippen LogP contribution < -0.4 is 14.4 Å². The summed E-state index contributed by atoms with van der Waals surface area (Å²) in [6.07, 6.45) is 1.10. The third kappa shape index (κ3) is 4.19. The average Bonchev–Trinajstić information content (AvgIpc) is 3.10. The van der Waals surface area contributed by atoms with Gasteiger partial charge in [-0.05, 0) is 43.0 Å². The molecule has 0 radical (unpaired) electrons. The number of anilines is 1. The monoisotopic (exact) mass is 381 g/mol. The average molecular weight is 381 g/mol. The number of nitrogens with zero attached hydrogens (tertiary/aromatic N) is 1. The van der Waals surface area contributed by atoms with Crippen LogP contribution in [0.3, 0.4) is 0 Å². The molecule has 5 nitrogen and oxygen atoms in total. The van der Waals surface area contributed by atoms with Gasteiger partial charge in [-0.3, -0.25) is 9.59 Å². The van der Waals surface area contributed by atoms with Crippen molar-refractivity contribution < 1.29 is 19.1 Å². The lowest BCUT2D eigenvalue weighted by molar-refractivity contribution is -0.139. The first-order chi connectivity index (χ1) is 13.5. The zero-order chi connectivity index (χ0) is 20.1. The van der Waals surface area contributed by atoms with Gasteiger partial charge in [0.2, 0.25) is 5.91 Å². The molecule has 3 rings (SSSR count). The lowest BCUT2D eigenvalue weighted by Crippen LogP contribution is -2.27. The van der Waals surface area contributed by atoms with Gasteiger partial charge in [0.15, 0.2) is 0 Å². The Morgan fingerprint density at radius 3 is 2.50 bits per heavy atom. The highest BCUT2D eigenvalue weighted by atomic mass is 16.5. The molecule has 1 aliphatic rings. The summed E-state index contributed by atoms with van der Waals surface area (Å²) in [6, 6.07) is 15.0. The highest BCUT2D eigenvalue weighted by Crippen LogP contribution is 2.34. The van der Waals surface area contributed by atoms with Crippen molar-refractivity contribution in [1.29, 1.82) is 0 Å². The van der Waals surface area contributed by atoms with Gasteiger partial charge < -0.3 is 14.4 Å². The van der Waals surface area contributed by atoms with Crippen molar-refractivity contribution in [2.75, 3.05) is 18.1 Å². The zero-order valence-electron chi connectivity index (χ0n) is 16.7. The number of ether oxygens (including phenoxy) is 2. The summed E-state index contributed by atoms with van der Waals surface area (Å²) < 4.78 is 11.3. The standard InChI is InChI=1S/C23H27NO4/c1-4-16(3)18-10-6-8-12-20(18)28-23(26)17-14-22(25)24(15-17)19-11-7-9-13-21(19)27-5-2/h6-13,16-17H,4-5,14-15H2,1-3H3/t16-,17+/m0/s1. The molecule has 1 saturated heterocycles. The van der Waals surface area contributed by atoms with Gasteiger partial charge in [-0.15, -0.1) is 0 Å². The summed E-state index contributed by atoms with van der Waals surface area (Å²) in [5.41, 5.74) is 1.71. The van der Waals surface area contributed by atoms with Crippen molar-refractivity contribution in [2.45, 2.75) is 39.5 Å². The summed E-state index contributed by atoms with van der Waals surface area (Å²) in [4.78, 5) is 27.0. The lowest BCUT2D eigenvalue weighted by atomic mass is 9.98. The fraction of sp³-hybridized carbons (Fsp3) is 0.391. The van der Waals surface area contributed by atoms with E-state index in [4.69, 9.17) is 9.47 Å². The second kappa shape index (κ2) is 8.91. The molecule has 1 heterocycles. The highest BCUT2D eigenvalue weighted by molar-refractivity contribution is 6.00.